The van der Waals surface area contributed by atoms with Gasteiger partial charge >= 0.3 is 0 Å². The van der Waals surface area contributed by atoms with Crippen molar-refractivity contribution in [2.24, 2.45) is 0 Å². The van der Waals surface area contributed by atoms with Gasteiger partial charge in [0.05, 0.1) is 10.2 Å². The summed E-state index contributed by atoms with van der Waals surface area (Å²) in [6.07, 6.45) is 9.01. The summed E-state index contributed by atoms with van der Waals surface area (Å²) >= 11 is 1.77. The van der Waals surface area contributed by atoms with E-state index in [0.717, 1.165) is 36.7 Å². The van der Waals surface area contributed by atoms with Gasteiger partial charge in [-0.05, 0) is 67.7 Å². The second-order valence-corrected chi connectivity index (χ2v) is 9.17. The van der Waals surface area contributed by atoms with Crippen molar-refractivity contribution in [3.05, 3.63) is 53.0 Å². The smallest absolute Gasteiger partial charge is 0.117 e. The molecule has 0 amide bonds. The Morgan fingerprint density at radius 1 is 0.710 bits per heavy atom. The first-order chi connectivity index (χ1) is 15.2. The number of anilines is 2. The van der Waals surface area contributed by atoms with E-state index in [2.05, 4.69) is 92.1 Å². The van der Waals surface area contributed by atoms with Crippen LogP contribution in [0.4, 0.5) is 11.4 Å². The lowest BCUT2D eigenvalue weighted by Crippen LogP contribution is -2.24. The Bertz CT molecular complexity index is 946. The Labute approximate surface area is 192 Å². The van der Waals surface area contributed by atoms with E-state index in [1.807, 2.05) is 0 Å². The molecule has 0 N–H and O–H groups in total. The molecule has 0 fully saturated rings. The zero-order chi connectivity index (χ0) is 22.1. The molecular formula is C27H37N3S. The third-order valence-electron chi connectivity index (χ3n) is 5.40. The summed E-state index contributed by atoms with van der Waals surface area (Å²) < 4.78 is 1.26. The molecule has 1 heterocycles. The second kappa shape index (κ2) is 11.9. The van der Waals surface area contributed by atoms with E-state index in [4.69, 9.17) is 4.98 Å². The third kappa shape index (κ3) is 6.33. The van der Waals surface area contributed by atoms with Gasteiger partial charge in [0.1, 0.15) is 5.01 Å². The summed E-state index contributed by atoms with van der Waals surface area (Å²) in [6.45, 7) is 13.4. The van der Waals surface area contributed by atoms with Gasteiger partial charge in [-0.1, -0.05) is 45.9 Å². The van der Waals surface area contributed by atoms with Gasteiger partial charge in [0.2, 0.25) is 0 Å². The molecule has 3 aromatic rings. The summed E-state index contributed by atoms with van der Waals surface area (Å²) in [5.74, 6) is 0. The molecule has 0 bridgehead atoms. The molecule has 1 aromatic heterocycles. The predicted octanol–water partition coefficient (Wildman–Crippen LogP) is 7.72. The van der Waals surface area contributed by atoms with E-state index in [-0.39, 0.29) is 0 Å². The van der Waals surface area contributed by atoms with E-state index in [9.17, 15) is 0 Å². The number of nitrogens with zero attached hydrogens (tertiary/aromatic N) is 3. The highest BCUT2D eigenvalue weighted by molar-refractivity contribution is 7.19. The summed E-state index contributed by atoms with van der Waals surface area (Å²) in [6, 6.07) is 15.6. The summed E-state index contributed by atoms with van der Waals surface area (Å²) in [4.78, 5) is 9.77. The molecule has 4 heteroatoms. The van der Waals surface area contributed by atoms with Crippen LogP contribution in [0.3, 0.4) is 0 Å². The van der Waals surface area contributed by atoms with Crippen molar-refractivity contribution < 1.29 is 0 Å². The molecule has 166 valence electrons. The summed E-state index contributed by atoms with van der Waals surface area (Å²) in [5.41, 5.74) is 4.94. The predicted molar refractivity (Wildman–Crippen MR) is 141 cm³/mol. The maximum Gasteiger partial charge on any atom is 0.117 e. The molecule has 31 heavy (non-hydrogen) atoms. The van der Waals surface area contributed by atoms with E-state index in [1.54, 1.807) is 11.3 Å². The van der Waals surface area contributed by atoms with Crippen molar-refractivity contribution in [2.45, 2.75) is 53.4 Å². The monoisotopic (exact) mass is 435 g/mol. The number of hydrogen-bond acceptors (Lipinski definition) is 4. The molecule has 3 nitrogen and oxygen atoms in total. The SMILES string of the molecule is CCCN(CCC)c1ccc(C=Cc2nc3ccc(N(CCC)CCC)cc3s2)cc1. The van der Waals surface area contributed by atoms with Crippen molar-refractivity contribution in [2.75, 3.05) is 36.0 Å². The Balaban J connectivity index is 1.73. The molecule has 0 saturated carbocycles. The minimum absolute atomic E-state index is 1.06. The van der Waals surface area contributed by atoms with Gasteiger partial charge in [-0.3, -0.25) is 0 Å². The zero-order valence-electron chi connectivity index (χ0n) is 19.6. The fourth-order valence-electron chi connectivity index (χ4n) is 3.98. The average molecular weight is 436 g/mol. The van der Waals surface area contributed by atoms with Gasteiger partial charge < -0.3 is 9.80 Å². The van der Waals surface area contributed by atoms with Crippen LogP contribution in [0.2, 0.25) is 0 Å². The van der Waals surface area contributed by atoms with Crippen LogP contribution in [0, 0.1) is 0 Å². The van der Waals surface area contributed by atoms with E-state index < -0.39 is 0 Å². The van der Waals surface area contributed by atoms with Crippen LogP contribution in [0.5, 0.6) is 0 Å². The number of benzene rings is 2. The van der Waals surface area contributed by atoms with Gasteiger partial charge in [0.25, 0.3) is 0 Å². The number of aromatic nitrogens is 1. The minimum Gasteiger partial charge on any atom is -0.372 e. The first-order valence-electron chi connectivity index (χ1n) is 11.9. The Morgan fingerprint density at radius 2 is 1.26 bits per heavy atom. The van der Waals surface area contributed by atoms with Crippen molar-refractivity contribution in [1.29, 1.82) is 0 Å². The topological polar surface area (TPSA) is 19.4 Å². The van der Waals surface area contributed by atoms with Crippen LogP contribution in [0.1, 0.15) is 63.9 Å². The molecule has 0 aliphatic heterocycles. The molecule has 0 aliphatic rings. The quantitative estimate of drug-likeness (QED) is 0.290. The fourth-order valence-corrected chi connectivity index (χ4v) is 4.89. The van der Waals surface area contributed by atoms with Crippen molar-refractivity contribution in [3.63, 3.8) is 0 Å². The largest absolute Gasteiger partial charge is 0.372 e. The van der Waals surface area contributed by atoms with Crippen LogP contribution in [-0.4, -0.2) is 31.2 Å². The molecular weight excluding hydrogens is 398 g/mol. The van der Waals surface area contributed by atoms with Gasteiger partial charge in [-0.2, -0.15) is 0 Å². The molecule has 0 atom stereocenters. The number of hydrogen-bond donors (Lipinski definition) is 0. The first-order valence-corrected chi connectivity index (χ1v) is 12.7. The number of fused-ring (bicyclic) bond motifs is 1. The summed E-state index contributed by atoms with van der Waals surface area (Å²) in [7, 11) is 0. The molecule has 0 unspecified atom stereocenters. The van der Waals surface area contributed by atoms with Crippen molar-refractivity contribution in [1.82, 2.24) is 4.98 Å². The normalized spacial score (nSPS) is 11.5. The Hall–Kier alpha value is -2.33. The van der Waals surface area contributed by atoms with Gasteiger partial charge in [0.15, 0.2) is 0 Å². The second-order valence-electron chi connectivity index (χ2n) is 8.10. The summed E-state index contributed by atoms with van der Waals surface area (Å²) in [5, 5.41) is 1.06. The zero-order valence-corrected chi connectivity index (χ0v) is 20.4. The van der Waals surface area contributed by atoms with Crippen LogP contribution in [0.25, 0.3) is 22.4 Å². The molecule has 0 saturated heterocycles. The number of thiazole rings is 1. The lowest BCUT2D eigenvalue weighted by Gasteiger charge is -2.23. The number of rotatable bonds is 12. The van der Waals surface area contributed by atoms with Gasteiger partial charge in [0, 0.05) is 37.6 Å². The highest BCUT2D eigenvalue weighted by Crippen LogP contribution is 2.28. The lowest BCUT2D eigenvalue weighted by molar-refractivity contribution is 0.745. The standard InChI is InChI=1S/C27H37N3S/c1-5-17-29(18-6-2)23-12-9-22(10-13-23)11-16-27-28-25-15-14-24(21-26(25)31-27)30(19-7-3)20-8-4/h9-16,21H,5-8,17-20H2,1-4H3. The molecule has 0 radical (unpaired) electrons. The highest BCUT2D eigenvalue weighted by atomic mass is 32.1. The maximum absolute atomic E-state index is 4.82. The van der Waals surface area contributed by atoms with Crippen LogP contribution < -0.4 is 9.80 Å². The molecule has 2 aromatic carbocycles. The molecule has 0 spiro atoms. The van der Waals surface area contributed by atoms with Gasteiger partial charge in [-0.15, -0.1) is 11.3 Å². The van der Waals surface area contributed by atoms with E-state index >= 15 is 0 Å². The Morgan fingerprint density at radius 3 is 1.84 bits per heavy atom. The first kappa shape index (κ1) is 23.3. The fraction of sp³-hybridized carbons (Fsp3) is 0.444. The van der Waals surface area contributed by atoms with Gasteiger partial charge in [-0.25, -0.2) is 4.98 Å². The maximum atomic E-state index is 4.82. The van der Waals surface area contributed by atoms with Crippen LogP contribution in [0.15, 0.2) is 42.5 Å². The van der Waals surface area contributed by atoms with E-state index in [0.29, 0.717) is 0 Å². The minimum atomic E-state index is 1.06. The Kier molecular flexibility index (Phi) is 8.96. The van der Waals surface area contributed by atoms with Crippen LogP contribution >= 0.6 is 11.3 Å². The lowest BCUT2D eigenvalue weighted by atomic mass is 10.1. The van der Waals surface area contributed by atoms with Crippen molar-refractivity contribution in [3.8, 4) is 0 Å². The van der Waals surface area contributed by atoms with E-state index in [1.165, 1.54) is 47.3 Å². The van der Waals surface area contributed by atoms with Crippen molar-refractivity contribution >= 4 is 45.1 Å². The third-order valence-corrected chi connectivity index (χ3v) is 6.39. The average Bonchev–Trinajstić information content (AvgIpc) is 3.20. The molecule has 0 aliphatic carbocycles. The van der Waals surface area contributed by atoms with Crippen LogP contribution in [-0.2, 0) is 0 Å². The highest BCUT2D eigenvalue weighted by Gasteiger charge is 2.08. The molecule has 3 rings (SSSR count).